The molecule has 0 saturated carbocycles. The van der Waals surface area contributed by atoms with Gasteiger partial charge in [-0.25, -0.2) is 23.1 Å². The second-order valence-corrected chi connectivity index (χ2v) is 5.28. The van der Waals surface area contributed by atoms with Gasteiger partial charge in [-0.15, -0.1) is 0 Å². The van der Waals surface area contributed by atoms with E-state index in [2.05, 4.69) is 20.6 Å². The van der Waals surface area contributed by atoms with Crippen LogP contribution in [0.1, 0.15) is 16.1 Å². The number of rotatable bonds is 4. The van der Waals surface area contributed by atoms with Crippen LogP contribution in [0.25, 0.3) is 0 Å². The molecule has 3 rings (SSSR count). The minimum atomic E-state index is -1.68. The van der Waals surface area contributed by atoms with E-state index >= 15 is 0 Å². The molecule has 3 aromatic rings. The van der Waals surface area contributed by atoms with Crippen molar-refractivity contribution < 1.29 is 18.0 Å². The Kier molecular flexibility index (Phi) is 4.99. The minimum absolute atomic E-state index is 0.120. The molecule has 6 nitrogen and oxygen atoms in total. The highest BCUT2D eigenvalue weighted by atomic mass is 19.2. The molecule has 2 aromatic carbocycles. The summed E-state index contributed by atoms with van der Waals surface area (Å²) in [5, 5.41) is 13.8. The number of amides is 1. The van der Waals surface area contributed by atoms with Crippen molar-refractivity contribution in [2.75, 3.05) is 10.6 Å². The topological polar surface area (TPSA) is 90.7 Å². The molecule has 0 aliphatic heterocycles. The van der Waals surface area contributed by atoms with Crippen molar-refractivity contribution in [2.45, 2.75) is 0 Å². The molecule has 9 heteroatoms. The lowest BCUT2D eigenvalue weighted by atomic mass is 10.2. The van der Waals surface area contributed by atoms with Crippen molar-refractivity contribution in [3.05, 3.63) is 77.5 Å². The third-order valence-electron chi connectivity index (χ3n) is 3.47. The van der Waals surface area contributed by atoms with Gasteiger partial charge in [-0.3, -0.25) is 4.79 Å². The number of carbonyl (C=O) groups is 1. The number of nitrogens with one attached hydrogen (secondary N) is 2. The zero-order valence-corrected chi connectivity index (χ0v) is 13.5. The average Bonchev–Trinajstić information content (AvgIpc) is 2.69. The largest absolute Gasteiger partial charge is 0.340 e. The number of hydrogen-bond donors (Lipinski definition) is 2. The number of hydrogen-bond acceptors (Lipinski definition) is 5. The van der Waals surface area contributed by atoms with Crippen molar-refractivity contribution in [1.29, 1.82) is 5.26 Å². The Morgan fingerprint density at radius 2 is 1.74 bits per heavy atom. The van der Waals surface area contributed by atoms with Crippen LogP contribution in [0.2, 0.25) is 0 Å². The zero-order valence-electron chi connectivity index (χ0n) is 13.5. The van der Waals surface area contributed by atoms with Gasteiger partial charge in [-0.05, 0) is 36.4 Å². The van der Waals surface area contributed by atoms with Gasteiger partial charge in [0.15, 0.2) is 17.5 Å². The number of nitrogens with zero attached hydrogens (tertiary/aromatic N) is 3. The molecule has 0 bridgehead atoms. The molecule has 1 heterocycles. The van der Waals surface area contributed by atoms with Crippen molar-refractivity contribution in [1.82, 2.24) is 9.97 Å². The van der Waals surface area contributed by atoms with Gasteiger partial charge in [0.2, 0.25) is 0 Å². The van der Waals surface area contributed by atoms with E-state index in [1.807, 2.05) is 6.07 Å². The fraction of sp³-hybridized carbons (Fsp3) is 0. The summed E-state index contributed by atoms with van der Waals surface area (Å²) in [5.74, 6) is -5.11. The van der Waals surface area contributed by atoms with Gasteiger partial charge in [-0.1, -0.05) is 0 Å². The van der Waals surface area contributed by atoms with Gasteiger partial charge in [0, 0.05) is 11.8 Å². The molecular formula is C18H10F3N5O. The van der Waals surface area contributed by atoms with Gasteiger partial charge < -0.3 is 10.6 Å². The van der Waals surface area contributed by atoms with Crippen LogP contribution in [0, 0.1) is 28.8 Å². The second-order valence-electron chi connectivity index (χ2n) is 5.28. The lowest BCUT2D eigenvalue weighted by Crippen LogP contribution is -2.16. The van der Waals surface area contributed by atoms with Gasteiger partial charge >= 0.3 is 0 Å². The lowest BCUT2D eigenvalue weighted by molar-refractivity contribution is 0.102. The van der Waals surface area contributed by atoms with Crippen molar-refractivity contribution >= 4 is 23.1 Å². The van der Waals surface area contributed by atoms with Crippen LogP contribution < -0.4 is 10.6 Å². The van der Waals surface area contributed by atoms with Gasteiger partial charge in [0.25, 0.3) is 5.91 Å². The van der Waals surface area contributed by atoms with E-state index in [0.29, 0.717) is 17.3 Å². The van der Waals surface area contributed by atoms with Crippen LogP contribution in [0.3, 0.4) is 0 Å². The van der Waals surface area contributed by atoms with E-state index in [9.17, 15) is 18.0 Å². The van der Waals surface area contributed by atoms with Crippen LogP contribution in [0.15, 0.2) is 48.8 Å². The van der Waals surface area contributed by atoms with Crippen molar-refractivity contribution in [3.8, 4) is 6.07 Å². The highest BCUT2D eigenvalue weighted by Crippen LogP contribution is 2.21. The molecule has 0 radical (unpaired) electrons. The molecule has 27 heavy (non-hydrogen) atoms. The average molecular weight is 369 g/mol. The first-order valence-corrected chi connectivity index (χ1v) is 7.52. The van der Waals surface area contributed by atoms with Crippen LogP contribution in [-0.4, -0.2) is 15.9 Å². The summed E-state index contributed by atoms with van der Waals surface area (Å²) in [5.41, 5.74) is 0.465. The lowest BCUT2D eigenvalue weighted by Gasteiger charge is -2.09. The summed E-state index contributed by atoms with van der Waals surface area (Å²) in [7, 11) is 0. The summed E-state index contributed by atoms with van der Waals surface area (Å²) < 4.78 is 39.9. The molecule has 0 spiro atoms. The molecule has 0 aliphatic carbocycles. The highest BCUT2D eigenvalue weighted by molar-refractivity contribution is 6.03. The summed E-state index contributed by atoms with van der Waals surface area (Å²) in [6.07, 6.45) is 1.11. The monoisotopic (exact) mass is 369 g/mol. The van der Waals surface area contributed by atoms with Crippen LogP contribution in [0.5, 0.6) is 0 Å². The van der Waals surface area contributed by atoms with Gasteiger partial charge in [0.1, 0.15) is 17.8 Å². The first-order chi connectivity index (χ1) is 13.0. The molecule has 0 fully saturated rings. The molecule has 1 amide bonds. The van der Waals surface area contributed by atoms with Crippen LogP contribution >= 0.6 is 0 Å². The van der Waals surface area contributed by atoms with Crippen LogP contribution in [0.4, 0.5) is 30.4 Å². The summed E-state index contributed by atoms with van der Waals surface area (Å²) >= 11 is 0. The van der Waals surface area contributed by atoms with Crippen molar-refractivity contribution in [2.24, 2.45) is 0 Å². The Morgan fingerprint density at radius 3 is 2.44 bits per heavy atom. The van der Waals surface area contributed by atoms with E-state index in [1.165, 1.54) is 6.07 Å². The predicted octanol–water partition coefficient (Wildman–Crippen LogP) is 3.76. The standard InChI is InChI=1S/C18H10F3N5O/c19-12-5-6-13(17(21)16(12)20)26-18(27)14-7-15(24-9-23-14)25-11-3-1-10(8-22)2-4-11/h1-7,9H,(H,26,27)(H,23,24,25). The van der Waals surface area contributed by atoms with E-state index in [1.54, 1.807) is 24.3 Å². The predicted molar refractivity (Wildman–Crippen MR) is 90.7 cm³/mol. The Hall–Kier alpha value is -3.93. The second kappa shape index (κ2) is 7.53. The maximum Gasteiger partial charge on any atom is 0.274 e. The Balaban J connectivity index is 1.77. The molecule has 0 atom stereocenters. The maximum absolute atomic E-state index is 13.7. The third-order valence-corrected chi connectivity index (χ3v) is 3.47. The first kappa shape index (κ1) is 17.9. The quantitative estimate of drug-likeness (QED) is 0.684. The third kappa shape index (κ3) is 4.01. The van der Waals surface area contributed by atoms with E-state index in [-0.39, 0.29) is 11.5 Å². The summed E-state index contributed by atoms with van der Waals surface area (Å²) in [6.45, 7) is 0. The minimum Gasteiger partial charge on any atom is -0.340 e. The van der Waals surface area contributed by atoms with Crippen LogP contribution in [-0.2, 0) is 0 Å². The smallest absolute Gasteiger partial charge is 0.274 e. The summed E-state index contributed by atoms with van der Waals surface area (Å²) in [4.78, 5) is 19.9. The van der Waals surface area contributed by atoms with Gasteiger partial charge in [-0.2, -0.15) is 5.26 Å². The Labute approximate surface area is 151 Å². The van der Waals surface area contributed by atoms with E-state index < -0.39 is 29.0 Å². The highest BCUT2D eigenvalue weighted by Gasteiger charge is 2.17. The fourth-order valence-corrected chi connectivity index (χ4v) is 2.13. The molecule has 2 N–H and O–H groups in total. The molecular weight excluding hydrogens is 359 g/mol. The molecule has 0 unspecified atom stereocenters. The van der Waals surface area contributed by atoms with Gasteiger partial charge in [0.05, 0.1) is 17.3 Å². The normalized spacial score (nSPS) is 10.1. The van der Waals surface area contributed by atoms with Crippen molar-refractivity contribution in [3.63, 3.8) is 0 Å². The number of nitriles is 1. The fourth-order valence-electron chi connectivity index (χ4n) is 2.13. The number of carbonyl (C=O) groups excluding carboxylic acids is 1. The summed E-state index contributed by atoms with van der Waals surface area (Å²) in [6, 6.07) is 11.4. The molecule has 1 aromatic heterocycles. The SMILES string of the molecule is N#Cc1ccc(Nc2cc(C(=O)Nc3ccc(F)c(F)c3F)ncn2)cc1. The number of halogens is 3. The molecule has 0 aliphatic rings. The number of anilines is 3. The Bertz CT molecular complexity index is 1050. The Morgan fingerprint density at radius 1 is 1.00 bits per heavy atom. The van der Waals surface area contributed by atoms with E-state index in [4.69, 9.17) is 5.26 Å². The van der Waals surface area contributed by atoms with E-state index in [0.717, 1.165) is 12.4 Å². The molecule has 0 saturated heterocycles. The molecule has 134 valence electrons. The first-order valence-electron chi connectivity index (χ1n) is 7.52. The zero-order chi connectivity index (χ0) is 19.4. The number of aromatic nitrogens is 2. The number of benzene rings is 2. The maximum atomic E-state index is 13.7.